The van der Waals surface area contributed by atoms with Crippen molar-refractivity contribution in [2.24, 2.45) is 0 Å². The second kappa shape index (κ2) is 7.52. The van der Waals surface area contributed by atoms with Crippen LogP contribution < -0.4 is 10.6 Å². The van der Waals surface area contributed by atoms with Gasteiger partial charge in [0.15, 0.2) is 10.2 Å². The van der Waals surface area contributed by atoms with Crippen LogP contribution in [0.3, 0.4) is 0 Å². The molecular formula is C19H11BrClN3OS2. The van der Waals surface area contributed by atoms with Gasteiger partial charge in [-0.05, 0) is 47.3 Å². The highest BCUT2D eigenvalue weighted by atomic mass is 79.9. The minimum absolute atomic E-state index is 0.183. The number of anilines is 1. The topological polar surface area (TPSA) is 54.0 Å². The largest absolute Gasteiger partial charge is 0.308 e. The molecule has 0 unspecified atom stereocenters. The molecule has 0 aliphatic rings. The normalized spacial score (nSPS) is 10.9. The van der Waals surface area contributed by atoms with Crippen LogP contribution in [-0.2, 0) is 0 Å². The van der Waals surface area contributed by atoms with Gasteiger partial charge in [-0.15, -0.1) is 0 Å². The third kappa shape index (κ3) is 3.68. The third-order valence-corrected chi connectivity index (χ3v) is 6.07. The van der Waals surface area contributed by atoms with Crippen LogP contribution in [0.25, 0.3) is 21.0 Å². The number of halogens is 2. The fourth-order valence-electron chi connectivity index (χ4n) is 2.74. The minimum Gasteiger partial charge on any atom is -0.308 e. The van der Waals surface area contributed by atoms with Crippen LogP contribution >= 0.6 is 51.1 Å². The molecule has 0 spiro atoms. The van der Waals surface area contributed by atoms with Gasteiger partial charge in [0.2, 0.25) is 0 Å². The lowest BCUT2D eigenvalue weighted by Gasteiger charge is -2.10. The number of rotatable bonds is 2. The highest BCUT2D eigenvalue weighted by Crippen LogP contribution is 2.30. The van der Waals surface area contributed by atoms with Gasteiger partial charge in [-0.3, -0.25) is 10.1 Å². The molecule has 0 aliphatic heterocycles. The van der Waals surface area contributed by atoms with Crippen LogP contribution in [0.2, 0.25) is 5.02 Å². The van der Waals surface area contributed by atoms with E-state index >= 15 is 0 Å². The number of hydrogen-bond donors (Lipinski definition) is 2. The van der Waals surface area contributed by atoms with E-state index in [1.165, 1.54) is 11.3 Å². The molecule has 2 N–H and O–H groups in total. The summed E-state index contributed by atoms with van der Waals surface area (Å²) in [7, 11) is 0. The Morgan fingerprint density at radius 3 is 2.63 bits per heavy atom. The number of benzene rings is 3. The number of thiazole rings is 1. The number of amides is 1. The Kier molecular flexibility index (Phi) is 5.10. The fourth-order valence-corrected chi connectivity index (χ4v) is 4.66. The van der Waals surface area contributed by atoms with Gasteiger partial charge in [0.1, 0.15) is 5.52 Å². The number of fused-ring (bicyclic) bond motifs is 2. The first-order valence-electron chi connectivity index (χ1n) is 7.87. The van der Waals surface area contributed by atoms with Crippen LogP contribution in [0.5, 0.6) is 0 Å². The number of para-hydroxylation sites is 1. The first-order valence-corrected chi connectivity index (χ1v) is 10.3. The second-order valence-corrected chi connectivity index (χ2v) is 8.35. The molecule has 8 heteroatoms. The standard InChI is InChI=1S/C19H11BrClN3OS2/c20-13-7-2-4-10-11(13)5-1-6-12(10)17(25)23-18(26)24-19-22-16-14(21)8-3-9-15(16)27-19/h1-9H,(H2,22,23,24,25,26). The summed E-state index contributed by atoms with van der Waals surface area (Å²) in [6.45, 7) is 0. The number of thiocarbonyl (C=S) groups is 1. The lowest BCUT2D eigenvalue weighted by atomic mass is 10.0. The maximum absolute atomic E-state index is 12.7. The van der Waals surface area contributed by atoms with Crippen LogP contribution in [0.4, 0.5) is 5.13 Å². The zero-order valence-electron chi connectivity index (χ0n) is 13.6. The molecule has 0 radical (unpaired) electrons. The van der Waals surface area contributed by atoms with Gasteiger partial charge in [0.05, 0.1) is 9.72 Å². The summed E-state index contributed by atoms with van der Waals surface area (Å²) in [6, 6.07) is 16.9. The maximum atomic E-state index is 12.7. The van der Waals surface area contributed by atoms with Crippen molar-refractivity contribution >= 4 is 88.2 Å². The number of nitrogens with one attached hydrogen (secondary N) is 2. The molecule has 0 bridgehead atoms. The average molecular weight is 477 g/mol. The lowest BCUT2D eigenvalue weighted by Crippen LogP contribution is -2.34. The van der Waals surface area contributed by atoms with Gasteiger partial charge in [0, 0.05) is 10.0 Å². The Morgan fingerprint density at radius 1 is 1.07 bits per heavy atom. The quantitative estimate of drug-likeness (QED) is 0.349. The SMILES string of the molecule is O=C(NC(=S)Nc1nc2c(Cl)cccc2s1)c1cccc2c(Br)cccc12. The van der Waals surface area contributed by atoms with Crippen molar-refractivity contribution in [3.05, 3.63) is 69.7 Å². The molecule has 1 aromatic heterocycles. The summed E-state index contributed by atoms with van der Waals surface area (Å²) in [5, 5.41) is 8.81. The van der Waals surface area contributed by atoms with E-state index in [2.05, 4.69) is 31.5 Å². The van der Waals surface area contributed by atoms with Crippen LogP contribution in [-0.4, -0.2) is 16.0 Å². The van der Waals surface area contributed by atoms with Crippen molar-refractivity contribution in [1.29, 1.82) is 0 Å². The van der Waals surface area contributed by atoms with E-state index in [-0.39, 0.29) is 11.0 Å². The Bertz CT molecular complexity index is 1210. The highest BCUT2D eigenvalue weighted by Gasteiger charge is 2.14. The molecule has 134 valence electrons. The van der Waals surface area contributed by atoms with Crippen molar-refractivity contribution < 1.29 is 4.79 Å². The smallest absolute Gasteiger partial charge is 0.258 e. The van der Waals surface area contributed by atoms with E-state index in [0.29, 0.717) is 21.2 Å². The van der Waals surface area contributed by atoms with E-state index < -0.39 is 0 Å². The zero-order chi connectivity index (χ0) is 19.0. The van der Waals surface area contributed by atoms with E-state index in [0.717, 1.165) is 19.9 Å². The Morgan fingerprint density at radius 2 is 1.81 bits per heavy atom. The molecule has 3 aromatic carbocycles. The van der Waals surface area contributed by atoms with Gasteiger partial charge >= 0.3 is 0 Å². The summed E-state index contributed by atoms with van der Waals surface area (Å²) < 4.78 is 1.87. The molecule has 0 saturated carbocycles. The molecule has 4 aromatic rings. The minimum atomic E-state index is -0.282. The van der Waals surface area contributed by atoms with Gasteiger partial charge in [-0.25, -0.2) is 4.98 Å². The Balaban J connectivity index is 1.55. The van der Waals surface area contributed by atoms with E-state index in [9.17, 15) is 4.79 Å². The number of carbonyl (C=O) groups excluding carboxylic acids is 1. The van der Waals surface area contributed by atoms with Crippen LogP contribution in [0.1, 0.15) is 10.4 Å². The average Bonchev–Trinajstić information content (AvgIpc) is 3.05. The second-order valence-electron chi connectivity index (χ2n) is 5.65. The Hall–Kier alpha value is -2.06. The molecule has 0 aliphatic carbocycles. The lowest BCUT2D eigenvalue weighted by molar-refractivity contribution is 0.0979. The summed E-state index contributed by atoms with van der Waals surface area (Å²) in [4.78, 5) is 17.1. The molecular weight excluding hydrogens is 466 g/mol. The molecule has 4 rings (SSSR count). The van der Waals surface area contributed by atoms with Gasteiger partial charge < -0.3 is 5.32 Å². The zero-order valence-corrected chi connectivity index (χ0v) is 17.6. The monoisotopic (exact) mass is 475 g/mol. The number of hydrogen-bond acceptors (Lipinski definition) is 4. The molecule has 1 heterocycles. The summed E-state index contributed by atoms with van der Waals surface area (Å²) in [5.41, 5.74) is 1.25. The van der Waals surface area contributed by atoms with E-state index in [4.69, 9.17) is 23.8 Å². The third-order valence-electron chi connectivity index (χ3n) is 3.93. The van der Waals surface area contributed by atoms with E-state index in [1.807, 2.05) is 42.5 Å². The maximum Gasteiger partial charge on any atom is 0.258 e. The van der Waals surface area contributed by atoms with Gasteiger partial charge in [0.25, 0.3) is 5.91 Å². The molecule has 27 heavy (non-hydrogen) atoms. The van der Waals surface area contributed by atoms with Crippen molar-refractivity contribution in [1.82, 2.24) is 10.3 Å². The van der Waals surface area contributed by atoms with Crippen molar-refractivity contribution in [2.45, 2.75) is 0 Å². The summed E-state index contributed by atoms with van der Waals surface area (Å²) in [6.07, 6.45) is 0. The molecule has 0 saturated heterocycles. The highest BCUT2D eigenvalue weighted by molar-refractivity contribution is 9.10. The predicted molar refractivity (Wildman–Crippen MR) is 120 cm³/mol. The van der Waals surface area contributed by atoms with Gasteiger partial charge in [-0.1, -0.05) is 69.2 Å². The van der Waals surface area contributed by atoms with Crippen molar-refractivity contribution in [2.75, 3.05) is 5.32 Å². The van der Waals surface area contributed by atoms with Crippen LogP contribution in [0.15, 0.2) is 59.1 Å². The van der Waals surface area contributed by atoms with Crippen LogP contribution in [0, 0.1) is 0 Å². The molecule has 1 amide bonds. The van der Waals surface area contributed by atoms with Gasteiger partial charge in [-0.2, -0.15) is 0 Å². The first-order chi connectivity index (χ1) is 13.0. The predicted octanol–water partition coefficient (Wildman–Crippen LogP) is 5.99. The fraction of sp³-hybridized carbons (Fsp3) is 0. The number of nitrogens with zero attached hydrogens (tertiary/aromatic N) is 1. The first kappa shape index (κ1) is 18.3. The summed E-state index contributed by atoms with van der Waals surface area (Å²) in [5.74, 6) is -0.282. The van der Waals surface area contributed by atoms with E-state index in [1.54, 1.807) is 12.1 Å². The Labute approximate surface area is 177 Å². The summed E-state index contributed by atoms with van der Waals surface area (Å²) >= 11 is 16.4. The molecule has 0 atom stereocenters. The number of aromatic nitrogens is 1. The van der Waals surface area contributed by atoms with Crippen molar-refractivity contribution in [3.63, 3.8) is 0 Å². The molecule has 4 nitrogen and oxygen atoms in total. The van der Waals surface area contributed by atoms with Crippen molar-refractivity contribution in [3.8, 4) is 0 Å². The molecule has 0 fully saturated rings. The number of carbonyl (C=O) groups is 1.